The number of nitrogens with one attached hydrogen (secondary N) is 1. The van der Waals surface area contributed by atoms with Crippen molar-refractivity contribution in [3.8, 4) is 22.4 Å². The van der Waals surface area contributed by atoms with Gasteiger partial charge in [-0.05, 0) is 41.5 Å². The van der Waals surface area contributed by atoms with Crippen LogP contribution in [0.3, 0.4) is 0 Å². The molecular formula is C28H27N5O. The van der Waals surface area contributed by atoms with Crippen molar-refractivity contribution in [1.82, 2.24) is 14.3 Å². The topological polar surface area (TPSA) is 52.9 Å². The third kappa shape index (κ3) is 3.61. The van der Waals surface area contributed by atoms with Gasteiger partial charge in [-0.1, -0.05) is 36.4 Å². The van der Waals surface area contributed by atoms with Crippen LogP contribution in [0.4, 0.5) is 11.4 Å². The molecule has 1 N–H and O–H groups in total. The van der Waals surface area contributed by atoms with Crippen LogP contribution in [-0.2, 0) is 4.79 Å². The molecule has 0 spiro atoms. The molecule has 0 atom stereocenters. The number of anilines is 2. The highest BCUT2D eigenvalue weighted by Crippen LogP contribution is 2.33. The second kappa shape index (κ2) is 8.37. The number of hydrogen-bond acceptors (Lipinski definition) is 4. The molecule has 6 heteroatoms. The largest absolute Gasteiger partial charge is 0.381 e. The molecule has 1 saturated heterocycles. The number of carbonyl (C=O) groups excluding carboxylic acids is 1. The summed E-state index contributed by atoms with van der Waals surface area (Å²) in [6.07, 6.45) is 8.42. The number of pyridine rings is 1. The SMILES string of the molecule is CC(=O)N1CCN(c2ccc(-c3ccn4c(-c5cccc6c5C=CCN6)cnc4c3)cc2)CC1. The lowest BCUT2D eigenvalue weighted by atomic mass is 10.0. The van der Waals surface area contributed by atoms with Crippen molar-refractivity contribution >= 4 is 29.0 Å². The summed E-state index contributed by atoms with van der Waals surface area (Å²) in [5, 5.41) is 3.44. The van der Waals surface area contributed by atoms with Gasteiger partial charge in [-0.25, -0.2) is 4.98 Å². The molecule has 2 aliphatic heterocycles. The first-order chi connectivity index (χ1) is 16.7. The molecule has 2 aromatic heterocycles. The fourth-order valence-corrected chi connectivity index (χ4v) is 4.97. The van der Waals surface area contributed by atoms with Crippen LogP contribution < -0.4 is 10.2 Å². The van der Waals surface area contributed by atoms with E-state index in [9.17, 15) is 4.79 Å². The first-order valence-corrected chi connectivity index (χ1v) is 11.8. The molecule has 4 heterocycles. The number of benzene rings is 2. The average molecular weight is 450 g/mol. The van der Waals surface area contributed by atoms with E-state index in [4.69, 9.17) is 4.98 Å². The highest BCUT2D eigenvalue weighted by atomic mass is 16.2. The van der Waals surface area contributed by atoms with E-state index in [0.717, 1.165) is 55.3 Å². The smallest absolute Gasteiger partial charge is 0.219 e. The number of piperazine rings is 1. The molecule has 0 saturated carbocycles. The van der Waals surface area contributed by atoms with E-state index >= 15 is 0 Å². The zero-order chi connectivity index (χ0) is 23.1. The molecule has 1 fully saturated rings. The third-order valence-electron chi connectivity index (χ3n) is 6.88. The zero-order valence-corrected chi connectivity index (χ0v) is 19.2. The Morgan fingerprint density at radius 1 is 0.971 bits per heavy atom. The van der Waals surface area contributed by atoms with Crippen LogP contribution >= 0.6 is 0 Å². The van der Waals surface area contributed by atoms with Gasteiger partial charge in [-0.2, -0.15) is 0 Å². The molecule has 170 valence electrons. The first kappa shape index (κ1) is 20.5. The molecule has 6 nitrogen and oxygen atoms in total. The van der Waals surface area contributed by atoms with Gasteiger partial charge in [0, 0.05) is 68.3 Å². The highest BCUT2D eigenvalue weighted by Gasteiger charge is 2.19. The van der Waals surface area contributed by atoms with E-state index in [1.54, 1.807) is 6.92 Å². The number of amides is 1. The lowest BCUT2D eigenvalue weighted by Gasteiger charge is -2.35. The van der Waals surface area contributed by atoms with Crippen molar-refractivity contribution < 1.29 is 4.79 Å². The Bertz CT molecular complexity index is 1390. The molecule has 34 heavy (non-hydrogen) atoms. The molecule has 4 aromatic rings. The van der Waals surface area contributed by atoms with Gasteiger partial charge in [-0.15, -0.1) is 0 Å². The Balaban J connectivity index is 1.26. The predicted octanol–water partition coefficient (Wildman–Crippen LogP) is 4.78. The van der Waals surface area contributed by atoms with Gasteiger partial charge in [-0.3, -0.25) is 9.20 Å². The Hall–Kier alpha value is -4.06. The highest BCUT2D eigenvalue weighted by molar-refractivity contribution is 5.84. The van der Waals surface area contributed by atoms with Crippen LogP contribution in [0.1, 0.15) is 12.5 Å². The Morgan fingerprint density at radius 2 is 1.79 bits per heavy atom. The van der Waals surface area contributed by atoms with Crippen molar-refractivity contribution in [3.05, 3.63) is 78.6 Å². The van der Waals surface area contributed by atoms with E-state index in [1.165, 1.54) is 22.4 Å². The number of hydrogen-bond donors (Lipinski definition) is 1. The van der Waals surface area contributed by atoms with Gasteiger partial charge < -0.3 is 15.1 Å². The van der Waals surface area contributed by atoms with Crippen molar-refractivity contribution in [1.29, 1.82) is 0 Å². The fraction of sp³-hybridized carbons (Fsp3) is 0.214. The van der Waals surface area contributed by atoms with Gasteiger partial charge in [0.25, 0.3) is 0 Å². The third-order valence-corrected chi connectivity index (χ3v) is 6.88. The van der Waals surface area contributed by atoms with Crippen LogP contribution in [0.15, 0.2) is 73.1 Å². The lowest BCUT2D eigenvalue weighted by Crippen LogP contribution is -2.48. The van der Waals surface area contributed by atoms with Crippen LogP contribution in [0.5, 0.6) is 0 Å². The van der Waals surface area contributed by atoms with Crippen molar-refractivity contribution in [2.45, 2.75) is 6.92 Å². The second-order valence-electron chi connectivity index (χ2n) is 8.88. The molecule has 0 radical (unpaired) electrons. The maximum atomic E-state index is 11.6. The standard InChI is InChI=1S/C28H27N5O/c1-20(34)31-14-16-32(17-15-31)23-9-7-21(8-10-23)22-11-13-33-27(19-30-28(33)18-22)25-4-2-6-26-24(25)5-3-12-29-26/h2-11,13,18-19,29H,12,14-17H2,1H3. The summed E-state index contributed by atoms with van der Waals surface area (Å²) in [6.45, 7) is 5.82. The fourth-order valence-electron chi connectivity index (χ4n) is 4.97. The summed E-state index contributed by atoms with van der Waals surface area (Å²) in [4.78, 5) is 20.6. The van der Waals surface area contributed by atoms with E-state index in [1.807, 2.05) is 11.1 Å². The van der Waals surface area contributed by atoms with Crippen molar-refractivity contribution in [3.63, 3.8) is 0 Å². The van der Waals surface area contributed by atoms with Gasteiger partial charge >= 0.3 is 0 Å². The molecule has 0 aliphatic carbocycles. The summed E-state index contributed by atoms with van der Waals surface area (Å²) in [6, 6.07) is 19.4. The number of nitrogens with zero attached hydrogens (tertiary/aromatic N) is 4. The van der Waals surface area contributed by atoms with Crippen molar-refractivity contribution in [2.75, 3.05) is 42.9 Å². The number of aromatic nitrogens is 2. The maximum Gasteiger partial charge on any atom is 0.219 e. The van der Waals surface area contributed by atoms with Crippen LogP contribution in [0, 0.1) is 0 Å². The molecule has 1 amide bonds. The van der Waals surface area contributed by atoms with Crippen LogP contribution in [0.25, 0.3) is 34.1 Å². The Morgan fingerprint density at radius 3 is 2.59 bits per heavy atom. The van der Waals surface area contributed by atoms with E-state index in [-0.39, 0.29) is 5.91 Å². The number of rotatable bonds is 3. The predicted molar refractivity (Wildman–Crippen MR) is 138 cm³/mol. The van der Waals surface area contributed by atoms with Crippen molar-refractivity contribution in [2.24, 2.45) is 0 Å². The number of carbonyl (C=O) groups is 1. The minimum absolute atomic E-state index is 0.160. The monoisotopic (exact) mass is 449 g/mol. The van der Waals surface area contributed by atoms with Gasteiger partial charge in [0.05, 0.1) is 11.9 Å². The van der Waals surface area contributed by atoms with E-state index in [2.05, 4.69) is 87.6 Å². The summed E-state index contributed by atoms with van der Waals surface area (Å²) in [7, 11) is 0. The zero-order valence-electron chi connectivity index (χ0n) is 19.2. The minimum Gasteiger partial charge on any atom is -0.381 e. The first-order valence-electron chi connectivity index (χ1n) is 11.8. The summed E-state index contributed by atoms with van der Waals surface area (Å²) in [5.41, 5.74) is 9.08. The summed E-state index contributed by atoms with van der Waals surface area (Å²) >= 11 is 0. The quantitative estimate of drug-likeness (QED) is 0.489. The molecular weight excluding hydrogens is 422 g/mol. The molecule has 2 aromatic carbocycles. The average Bonchev–Trinajstić information content (AvgIpc) is 3.31. The number of imidazole rings is 1. The van der Waals surface area contributed by atoms with Crippen LogP contribution in [0.2, 0.25) is 0 Å². The summed E-state index contributed by atoms with van der Waals surface area (Å²) in [5.74, 6) is 0.160. The summed E-state index contributed by atoms with van der Waals surface area (Å²) < 4.78 is 2.16. The van der Waals surface area contributed by atoms with E-state index < -0.39 is 0 Å². The Labute approximate surface area is 199 Å². The van der Waals surface area contributed by atoms with Crippen LogP contribution in [-0.4, -0.2) is 52.9 Å². The normalized spacial score (nSPS) is 15.3. The van der Waals surface area contributed by atoms with Gasteiger partial charge in [0.2, 0.25) is 5.91 Å². The van der Waals surface area contributed by atoms with Gasteiger partial charge in [0.15, 0.2) is 0 Å². The Kier molecular flexibility index (Phi) is 5.06. The minimum atomic E-state index is 0.160. The molecule has 6 rings (SSSR count). The van der Waals surface area contributed by atoms with E-state index in [0.29, 0.717) is 0 Å². The molecule has 0 unspecified atom stereocenters. The molecule has 2 aliphatic rings. The molecule has 0 bridgehead atoms. The lowest BCUT2D eigenvalue weighted by molar-refractivity contribution is -0.129. The second-order valence-corrected chi connectivity index (χ2v) is 8.88. The van der Waals surface area contributed by atoms with Gasteiger partial charge in [0.1, 0.15) is 5.65 Å². The maximum absolute atomic E-state index is 11.6. The number of fused-ring (bicyclic) bond motifs is 2.